The van der Waals surface area contributed by atoms with E-state index < -0.39 is 5.41 Å². The van der Waals surface area contributed by atoms with Crippen molar-refractivity contribution in [3.8, 4) is 11.5 Å². The fourth-order valence-electron chi connectivity index (χ4n) is 1.32. The van der Waals surface area contributed by atoms with Crippen molar-refractivity contribution in [3.63, 3.8) is 0 Å². The molecule has 0 saturated heterocycles. The molecular weight excluding hydrogens is 218 g/mol. The predicted octanol–water partition coefficient (Wildman–Crippen LogP) is 2.06. The van der Waals surface area contributed by atoms with Gasteiger partial charge in [0.2, 0.25) is 5.91 Å². The second kappa shape index (κ2) is 5.08. The molecule has 1 aromatic rings. The van der Waals surface area contributed by atoms with Gasteiger partial charge in [-0.1, -0.05) is 32.9 Å². The third kappa shape index (κ3) is 3.37. The van der Waals surface area contributed by atoms with Gasteiger partial charge in [0.15, 0.2) is 11.5 Å². The van der Waals surface area contributed by atoms with E-state index in [0.717, 1.165) is 0 Å². The zero-order valence-corrected chi connectivity index (χ0v) is 10.7. The van der Waals surface area contributed by atoms with Gasteiger partial charge in [0, 0.05) is 17.5 Å². The molecule has 4 heteroatoms. The van der Waals surface area contributed by atoms with E-state index >= 15 is 0 Å². The normalized spacial score (nSPS) is 11.1. The molecule has 4 nitrogen and oxygen atoms in total. The highest BCUT2D eigenvalue weighted by molar-refractivity contribution is 5.81. The molecule has 17 heavy (non-hydrogen) atoms. The van der Waals surface area contributed by atoms with Crippen molar-refractivity contribution in [1.82, 2.24) is 5.32 Å². The number of carbonyl (C=O) groups excluding carboxylic acids is 1. The topological polar surface area (TPSA) is 58.6 Å². The minimum atomic E-state index is -0.436. The maximum absolute atomic E-state index is 11.7. The van der Waals surface area contributed by atoms with Gasteiger partial charge in [0.1, 0.15) is 0 Å². The molecule has 94 valence electrons. The fraction of sp³-hybridized carbons (Fsp3) is 0.462. The average Bonchev–Trinajstić information content (AvgIpc) is 2.26. The van der Waals surface area contributed by atoms with Crippen LogP contribution in [0.2, 0.25) is 0 Å². The van der Waals surface area contributed by atoms with E-state index in [2.05, 4.69) is 5.32 Å². The van der Waals surface area contributed by atoms with Crippen molar-refractivity contribution in [2.45, 2.75) is 27.3 Å². The van der Waals surface area contributed by atoms with Gasteiger partial charge < -0.3 is 15.2 Å². The number of hydrogen-bond donors (Lipinski definition) is 2. The van der Waals surface area contributed by atoms with E-state index in [1.54, 1.807) is 18.2 Å². The highest BCUT2D eigenvalue weighted by atomic mass is 16.5. The molecule has 0 aliphatic heterocycles. The van der Waals surface area contributed by atoms with Gasteiger partial charge in [0.05, 0.1) is 7.11 Å². The van der Waals surface area contributed by atoms with E-state index in [0.29, 0.717) is 17.9 Å². The quantitative estimate of drug-likeness (QED) is 0.846. The first-order valence-corrected chi connectivity index (χ1v) is 5.49. The molecule has 0 unspecified atom stereocenters. The van der Waals surface area contributed by atoms with Crippen LogP contribution in [0.5, 0.6) is 11.5 Å². The van der Waals surface area contributed by atoms with Gasteiger partial charge in [-0.15, -0.1) is 0 Å². The number of methoxy groups -OCH3 is 1. The van der Waals surface area contributed by atoms with E-state index in [-0.39, 0.29) is 11.7 Å². The van der Waals surface area contributed by atoms with Crippen LogP contribution in [0.4, 0.5) is 0 Å². The van der Waals surface area contributed by atoms with Crippen LogP contribution in [0, 0.1) is 5.41 Å². The highest BCUT2D eigenvalue weighted by Crippen LogP contribution is 2.29. The van der Waals surface area contributed by atoms with Crippen molar-refractivity contribution in [2.75, 3.05) is 7.11 Å². The van der Waals surface area contributed by atoms with Gasteiger partial charge >= 0.3 is 0 Å². The van der Waals surface area contributed by atoms with Crippen LogP contribution in [0.25, 0.3) is 0 Å². The average molecular weight is 237 g/mol. The Morgan fingerprint density at radius 1 is 1.41 bits per heavy atom. The molecule has 1 amide bonds. The summed E-state index contributed by atoms with van der Waals surface area (Å²) in [6.07, 6.45) is 0. The number of nitrogens with one attached hydrogen (secondary N) is 1. The second-order valence-electron chi connectivity index (χ2n) is 4.90. The van der Waals surface area contributed by atoms with Crippen molar-refractivity contribution in [2.24, 2.45) is 5.41 Å². The van der Waals surface area contributed by atoms with Crippen molar-refractivity contribution in [3.05, 3.63) is 23.8 Å². The lowest BCUT2D eigenvalue weighted by Gasteiger charge is -2.18. The molecule has 0 aromatic heterocycles. The molecule has 0 radical (unpaired) electrons. The lowest BCUT2D eigenvalue weighted by Crippen LogP contribution is -2.34. The van der Waals surface area contributed by atoms with E-state index in [1.165, 1.54) is 7.11 Å². The number of ether oxygens (including phenoxy) is 1. The molecule has 0 heterocycles. The standard InChI is InChI=1S/C13H19NO3/c1-13(2,3)12(16)14-8-9-6-5-7-10(17-4)11(9)15/h5-7,15H,8H2,1-4H3,(H,14,16). The predicted molar refractivity (Wildman–Crippen MR) is 66.0 cm³/mol. The van der Waals surface area contributed by atoms with Crippen LogP contribution >= 0.6 is 0 Å². The lowest BCUT2D eigenvalue weighted by molar-refractivity contribution is -0.128. The third-order valence-corrected chi connectivity index (χ3v) is 2.42. The first-order valence-electron chi connectivity index (χ1n) is 5.49. The zero-order valence-electron chi connectivity index (χ0n) is 10.7. The Morgan fingerprint density at radius 3 is 2.59 bits per heavy atom. The number of rotatable bonds is 3. The molecule has 0 atom stereocenters. The summed E-state index contributed by atoms with van der Waals surface area (Å²) < 4.78 is 5.00. The fourth-order valence-corrected chi connectivity index (χ4v) is 1.32. The van der Waals surface area contributed by atoms with Crippen LogP contribution in [-0.2, 0) is 11.3 Å². The Morgan fingerprint density at radius 2 is 2.06 bits per heavy atom. The number of phenolic OH excluding ortho intramolecular Hbond substituents is 1. The first kappa shape index (κ1) is 13.4. The van der Waals surface area contributed by atoms with Crippen LogP contribution < -0.4 is 10.1 Å². The summed E-state index contributed by atoms with van der Waals surface area (Å²) >= 11 is 0. The molecule has 0 aliphatic rings. The monoisotopic (exact) mass is 237 g/mol. The minimum absolute atomic E-state index is 0.0558. The summed E-state index contributed by atoms with van der Waals surface area (Å²) in [5.41, 5.74) is 0.205. The lowest BCUT2D eigenvalue weighted by atomic mass is 9.95. The maximum Gasteiger partial charge on any atom is 0.225 e. The zero-order chi connectivity index (χ0) is 13.1. The Balaban J connectivity index is 2.74. The first-order chi connectivity index (χ1) is 7.86. The molecule has 1 rings (SSSR count). The number of hydrogen-bond acceptors (Lipinski definition) is 3. The number of phenols is 1. The second-order valence-corrected chi connectivity index (χ2v) is 4.90. The van der Waals surface area contributed by atoms with Crippen LogP contribution in [-0.4, -0.2) is 18.1 Å². The van der Waals surface area contributed by atoms with Gasteiger partial charge in [-0.2, -0.15) is 0 Å². The van der Waals surface area contributed by atoms with Crippen LogP contribution in [0.1, 0.15) is 26.3 Å². The SMILES string of the molecule is COc1cccc(CNC(=O)C(C)(C)C)c1O. The Labute approximate surface area is 102 Å². The molecule has 0 spiro atoms. The number of para-hydroxylation sites is 1. The Bertz CT molecular complexity index is 408. The van der Waals surface area contributed by atoms with Crippen LogP contribution in [0.3, 0.4) is 0 Å². The molecule has 2 N–H and O–H groups in total. The van der Waals surface area contributed by atoms with Crippen LogP contribution in [0.15, 0.2) is 18.2 Å². The molecule has 0 aliphatic carbocycles. The van der Waals surface area contributed by atoms with Crippen molar-refractivity contribution in [1.29, 1.82) is 0 Å². The summed E-state index contributed by atoms with van der Waals surface area (Å²) in [6.45, 7) is 5.81. The number of carbonyl (C=O) groups is 1. The van der Waals surface area contributed by atoms with Gasteiger partial charge in [0.25, 0.3) is 0 Å². The van der Waals surface area contributed by atoms with Gasteiger partial charge in [-0.05, 0) is 6.07 Å². The third-order valence-electron chi connectivity index (χ3n) is 2.42. The molecule has 0 fully saturated rings. The molecule has 0 saturated carbocycles. The summed E-state index contributed by atoms with van der Waals surface area (Å²) in [6, 6.07) is 5.20. The van der Waals surface area contributed by atoms with E-state index in [9.17, 15) is 9.90 Å². The molecular formula is C13H19NO3. The summed E-state index contributed by atoms with van der Waals surface area (Å²) in [5.74, 6) is 0.427. The summed E-state index contributed by atoms with van der Waals surface area (Å²) in [7, 11) is 1.49. The van der Waals surface area contributed by atoms with Gasteiger partial charge in [-0.3, -0.25) is 4.79 Å². The maximum atomic E-state index is 11.7. The molecule has 0 bridgehead atoms. The van der Waals surface area contributed by atoms with Crippen molar-refractivity contribution >= 4 is 5.91 Å². The van der Waals surface area contributed by atoms with Crippen molar-refractivity contribution < 1.29 is 14.6 Å². The molecule has 1 aromatic carbocycles. The largest absolute Gasteiger partial charge is 0.504 e. The highest BCUT2D eigenvalue weighted by Gasteiger charge is 2.21. The summed E-state index contributed by atoms with van der Waals surface area (Å²) in [4.78, 5) is 11.7. The van der Waals surface area contributed by atoms with E-state index in [1.807, 2.05) is 20.8 Å². The van der Waals surface area contributed by atoms with Gasteiger partial charge in [-0.25, -0.2) is 0 Å². The number of benzene rings is 1. The smallest absolute Gasteiger partial charge is 0.225 e. The van der Waals surface area contributed by atoms with E-state index in [4.69, 9.17) is 4.74 Å². The Kier molecular flexibility index (Phi) is 3.99. The minimum Gasteiger partial charge on any atom is -0.504 e. The summed E-state index contributed by atoms with van der Waals surface area (Å²) in [5, 5.41) is 12.6. The Hall–Kier alpha value is -1.71. The number of amides is 1. The number of aromatic hydroxyl groups is 1.